The molecule has 76 valence electrons. The van der Waals surface area contributed by atoms with Crippen molar-refractivity contribution in [3.05, 3.63) is 26.8 Å². The number of carbonyl (C=O) groups excluding carboxylic acids is 1. The van der Waals surface area contributed by atoms with E-state index < -0.39 is 0 Å². The highest BCUT2D eigenvalue weighted by molar-refractivity contribution is 14.1. The van der Waals surface area contributed by atoms with Gasteiger partial charge in [0, 0.05) is 6.42 Å². The van der Waals surface area contributed by atoms with Crippen molar-refractivity contribution in [1.29, 1.82) is 0 Å². The van der Waals surface area contributed by atoms with Crippen LogP contribution in [-0.4, -0.2) is 13.4 Å². The summed E-state index contributed by atoms with van der Waals surface area (Å²) in [5, 5.41) is 0. The highest BCUT2D eigenvalue weighted by Crippen LogP contribution is 2.25. The molecule has 0 saturated carbocycles. The summed E-state index contributed by atoms with van der Waals surface area (Å²) in [6.45, 7) is 2.04. The highest BCUT2D eigenvalue weighted by Gasteiger charge is 2.05. The number of carbonyl (C=O) groups is 1. The van der Waals surface area contributed by atoms with Gasteiger partial charge in [0.2, 0.25) is 0 Å². The molecule has 0 aliphatic rings. The molecule has 0 aromatic heterocycles. The van der Waals surface area contributed by atoms with Gasteiger partial charge < -0.3 is 9.53 Å². The molecule has 0 aliphatic carbocycles. The van der Waals surface area contributed by atoms with E-state index in [0.717, 1.165) is 22.0 Å². The van der Waals surface area contributed by atoms with Crippen LogP contribution in [0.25, 0.3) is 0 Å². The van der Waals surface area contributed by atoms with Crippen molar-refractivity contribution < 1.29 is 9.53 Å². The molecule has 0 bridgehead atoms. The van der Waals surface area contributed by atoms with Crippen LogP contribution in [0.2, 0.25) is 0 Å². The lowest BCUT2D eigenvalue weighted by molar-refractivity contribution is -0.107. The van der Waals surface area contributed by atoms with Crippen molar-refractivity contribution in [2.45, 2.75) is 19.8 Å². The van der Waals surface area contributed by atoms with Crippen LogP contribution in [0.3, 0.4) is 0 Å². The van der Waals surface area contributed by atoms with Gasteiger partial charge in [-0.1, -0.05) is 0 Å². The molecule has 1 rings (SSSR count). The molecule has 3 heteroatoms. The van der Waals surface area contributed by atoms with Gasteiger partial charge in [-0.15, -0.1) is 0 Å². The standard InChI is InChI=1S/C11H13IO2/c1-8-6-11(14-2)10(12)7-9(8)4-3-5-13/h5-7H,3-4H2,1-2H3. The van der Waals surface area contributed by atoms with Crippen molar-refractivity contribution in [1.82, 2.24) is 0 Å². The topological polar surface area (TPSA) is 26.3 Å². The summed E-state index contributed by atoms with van der Waals surface area (Å²) in [5.41, 5.74) is 2.41. The molecule has 1 aromatic rings. The van der Waals surface area contributed by atoms with E-state index in [0.29, 0.717) is 6.42 Å². The Morgan fingerprint density at radius 2 is 2.21 bits per heavy atom. The summed E-state index contributed by atoms with van der Waals surface area (Å²) in [6, 6.07) is 4.10. The lowest BCUT2D eigenvalue weighted by Crippen LogP contribution is -1.95. The largest absolute Gasteiger partial charge is 0.496 e. The third kappa shape index (κ3) is 2.70. The fourth-order valence-corrected chi connectivity index (χ4v) is 2.09. The first kappa shape index (κ1) is 11.5. The second-order valence-electron chi connectivity index (χ2n) is 3.12. The number of halogens is 1. The Morgan fingerprint density at radius 1 is 1.50 bits per heavy atom. The van der Waals surface area contributed by atoms with E-state index in [1.165, 1.54) is 11.1 Å². The Balaban J connectivity index is 2.96. The molecule has 0 N–H and O–H groups in total. The van der Waals surface area contributed by atoms with Gasteiger partial charge in [-0.05, 0) is 59.2 Å². The molecule has 14 heavy (non-hydrogen) atoms. The minimum absolute atomic E-state index is 0.587. The van der Waals surface area contributed by atoms with Gasteiger partial charge in [-0.3, -0.25) is 0 Å². The van der Waals surface area contributed by atoms with E-state index >= 15 is 0 Å². The van der Waals surface area contributed by atoms with Gasteiger partial charge in [0.05, 0.1) is 10.7 Å². The van der Waals surface area contributed by atoms with Gasteiger partial charge in [-0.2, -0.15) is 0 Å². The smallest absolute Gasteiger partial charge is 0.132 e. The molecule has 0 amide bonds. The Hall–Kier alpha value is -0.580. The van der Waals surface area contributed by atoms with Crippen molar-refractivity contribution in [2.75, 3.05) is 7.11 Å². The molecule has 0 fully saturated rings. The average Bonchev–Trinajstić information content (AvgIpc) is 2.18. The van der Waals surface area contributed by atoms with E-state index in [4.69, 9.17) is 4.74 Å². The van der Waals surface area contributed by atoms with E-state index in [2.05, 4.69) is 28.7 Å². The first-order valence-electron chi connectivity index (χ1n) is 4.45. The number of ether oxygens (including phenoxy) is 1. The molecule has 1 aromatic carbocycles. The molecule has 0 atom stereocenters. The Kier molecular flexibility index (Phi) is 4.38. The van der Waals surface area contributed by atoms with Gasteiger partial charge >= 0.3 is 0 Å². The zero-order valence-corrected chi connectivity index (χ0v) is 10.5. The van der Waals surface area contributed by atoms with E-state index in [1.54, 1.807) is 7.11 Å². The fourth-order valence-electron chi connectivity index (χ4n) is 1.34. The van der Waals surface area contributed by atoms with Gasteiger partial charge in [0.1, 0.15) is 12.0 Å². The monoisotopic (exact) mass is 304 g/mol. The van der Waals surface area contributed by atoms with Crippen LogP contribution in [0.15, 0.2) is 12.1 Å². The number of aryl methyl sites for hydroxylation is 2. The molecular weight excluding hydrogens is 291 g/mol. The van der Waals surface area contributed by atoms with Crippen molar-refractivity contribution in [3.63, 3.8) is 0 Å². The number of methoxy groups -OCH3 is 1. The summed E-state index contributed by atoms with van der Waals surface area (Å²) in [5.74, 6) is 0.901. The van der Waals surface area contributed by atoms with Crippen LogP contribution in [-0.2, 0) is 11.2 Å². The van der Waals surface area contributed by atoms with Crippen LogP contribution in [0.1, 0.15) is 17.5 Å². The second-order valence-corrected chi connectivity index (χ2v) is 4.28. The molecule has 0 spiro atoms. The summed E-state index contributed by atoms with van der Waals surface area (Å²) >= 11 is 2.24. The van der Waals surface area contributed by atoms with E-state index in [1.807, 2.05) is 13.0 Å². The number of hydrogen-bond acceptors (Lipinski definition) is 2. The summed E-state index contributed by atoms with van der Waals surface area (Å²) in [6.07, 6.45) is 2.36. The Morgan fingerprint density at radius 3 is 2.79 bits per heavy atom. The third-order valence-corrected chi connectivity index (χ3v) is 2.98. The first-order valence-corrected chi connectivity index (χ1v) is 5.53. The van der Waals surface area contributed by atoms with Crippen LogP contribution < -0.4 is 4.74 Å². The van der Waals surface area contributed by atoms with Crippen molar-refractivity contribution >= 4 is 28.9 Å². The number of benzene rings is 1. The molecule has 2 nitrogen and oxygen atoms in total. The van der Waals surface area contributed by atoms with Crippen LogP contribution in [0, 0.1) is 10.5 Å². The van der Waals surface area contributed by atoms with Gasteiger partial charge in [0.25, 0.3) is 0 Å². The molecular formula is C11H13IO2. The maximum Gasteiger partial charge on any atom is 0.132 e. The Bertz CT molecular complexity index is 334. The summed E-state index contributed by atoms with van der Waals surface area (Å²) in [4.78, 5) is 10.3. The quantitative estimate of drug-likeness (QED) is 0.631. The van der Waals surface area contributed by atoms with Gasteiger partial charge in [-0.25, -0.2) is 0 Å². The minimum atomic E-state index is 0.587. The minimum Gasteiger partial charge on any atom is -0.496 e. The third-order valence-electron chi connectivity index (χ3n) is 2.14. The van der Waals surface area contributed by atoms with Crippen LogP contribution >= 0.6 is 22.6 Å². The SMILES string of the molecule is COc1cc(C)c(CCC=O)cc1I. The number of rotatable bonds is 4. The van der Waals surface area contributed by atoms with Crippen LogP contribution in [0.5, 0.6) is 5.75 Å². The van der Waals surface area contributed by atoms with Crippen molar-refractivity contribution in [3.8, 4) is 5.75 Å². The van der Waals surface area contributed by atoms with Crippen molar-refractivity contribution in [2.24, 2.45) is 0 Å². The normalized spacial score (nSPS) is 9.93. The Labute approximate surface area is 97.8 Å². The number of hydrogen-bond donors (Lipinski definition) is 0. The fraction of sp³-hybridized carbons (Fsp3) is 0.364. The first-order chi connectivity index (χ1) is 6.69. The zero-order valence-electron chi connectivity index (χ0n) is 8.34. The summed E-state index contributed by atoms with van der Waals surface area (Å²) in [7, 11) is 1.67. The molecule has 0 heterocycles. The lowest BCUT2D eigenvalue weighted by Gasteiger charge is -2.09. The predicted molar refractivity (Wildman–Crippen MR) is 64.8 cm³/mol. The second kappa shape index (κ2) is 5.34. The average molecular weight is 304 g/mol. The van der Waals surface area contributed by atoms with Crippen LogP contribution in [0.4, 0.5) is 0 Å². The lowest BCUT2D eigenvalue weighted by atomic mass is 10.0. The van der Waals surface area contributed by atoms with E-state index in [-0.39, 0.29) is 0 Å². The van der Waals surface area contributed by atoms with Gasteiger partial charge in [0.15, 0.2) is 0 Å². The molecule has 0 unspecified atom stereocenters. The number of aldehydes is 1. The summed E-state index contributed by atoms with van der Waals surface area (Å²) < 4.78 is 6.30. The molecule has 0 radical (unpaired) electrons. The van der Waals surface area contributed by atoms with E-state index in [9.17, 15) is 4.79 Å². The molecule has 0 saturated heterocycles. The molecule has 0 aliphatic heterocycles. The predicted octanol–water partition coefficient (Wildman–Crippen LogP) is 2.74. The zero-order chi connectivity index (χ0) is 10.6. The maximum absolute atomic E-state index is 10.3. The maximum atomic E-state index is 10.3. The highest BCUT2D eigenvalue weighted by atomic mass is 127.